The molecule has 34 heavy (non-hydrogen) atoms. The summed E-state index contributed by atoms with van der Waals surface area (Å²) in [7, 11) is 1.60. The van der Waals surface area contributed by atoms with E-state index in [2.05, 4.69) is 5.32 Å². The predicted molar refractivity (Wildman–Crippen MR) is 136 cm³/mol. The number of hydrogen-bond acceptors (Lipinski definition) is 3. The lowest BCUT2D eigenvalue weighted by molar-refractivity contribution is -0.140. The van der Waals surface area contributed by atoms with E-state index in [1.807, 2.05) is 67.6 Å². The van der Waals surface area contributed by atoms with Crippen molar-refractivity contribution in [2.45, 2.75) is 32.4 Å². The second kappa shape index (κ2) is 12.4. The molecular weight excluding hydrogens is 471 g/mol. The van der Waals surface area contributed by atoms with Crippen molar-refractivity contribution in [3.8, 4) is 5.75 Å². The first kappa shape index (κ1) is 25.6. The molecule has 0 aliphatic heterocycles. The number of halogens is 2. The Kier molecular flexibility index (Phi) is 9.37. The van der Waals surface area contributed by atoms with Gasteiger partial charge in [0.15, 0.2) is 0 Å². The Balaban J connectivity index is 1.95. The average Bonchev–Trinajstić information content (AvgIpc) is 2.84. The van der Waals surface area contributed by atoms with Crippen LogP contribution in [0.1, 0.15) is 23.6 Å². The summed E-state index contributed by atoms with van der Waals surface area (Å²) >= 11 is 12.3. The van der Waals surface area contributed by atoms with Crippen LogP contribution in [0.3, 0.4) is 0 Å². The molecule has 3 aromatic rings. The molecule has 0 aliphatic carbocycles. The largest absolute Gasteiger partial charge is 0.497 e. The Morgan fingerprint density at radius 1 is 0.912 bits per heavy atom. The van der Waals surface area contributed by atoms with Gasteiger partial charge in [-0.2, -0.15) is 0 Å². The fraction of sp³-hybridized carbons (Fsp3) is 0.259. The number of nitrogens with zero attached hydrogens (tertiary/aromatic N) is 1. The number of rotatable bonds is 10. The Morgan fingerprint density at radius 3 is 2.21 bits per heavy atom. The molecule has 1 N–H and O–H groups in total. The number of amides is 2. The number of methoxy groups -OCH3 is 1. The summed E-state index contributed by atoms with van der Waals surface area (Å²) in [5.41, 5.74) is 2.59. The van der Waals surface area contributed by atoms with Gasteiger partial charge in [0.05, 0.1) is 23.6 Å². The number of likely N-dealkylation sites (N-methyl/N-ethyl adjacent to an activating group) is 1. The van der Waals surface area contributed by atoms with Gasteiger partial charge in [-0.05, 0) is 47.9 Å². The highest BCUT2D eigenvalue weighted by Crippen LogP contribution is 2.25. The lowest BCUT2D eigenvalue weighted by atomic mass is 10.0. The number of carbonyl (C=O) groups is 2. The smallest absolute Gasteiger partial charge is 0.243 e. The van der Waals surface area contributed by atoms with E-state index in [-0.39, 0.29) is 24.8 Å². The van der Waals surface area contributed by atoms with Gasteiger partial charge in [0.25, 0.3) is 0 Å². The zero-order valence-electron chi connectivity index (χ0n) is 19.3. The molecule has 0 aliphatic rings. The SMILES string of the molecule is CCNC(=O)C(Cc1ccccc1)N(Cc1ccc(Cl)c(Cl)c1)C(=O)Cc1ccc(OC)cc1. The number of carbonyl (C=O) groups excluding carboxylic acids is 2. The van der Waals surface area contributed by atoms with Crippen LogP contribution in [0.4, 0.5) is 0 Å². The highest BCUT2D eigenvalue weighted by atomic mass is 35.5. The monoisotopic (exact) mass is 498 g/mol. The molecule has 0 aromatic heterocycles. The molecule has 5 nitrogen and oxygen atoms in total. The summed E-state index contributed by atoms with van der Waals surface area (Å²) in [6.07, 6.45) is 0.540. The highest BCUT2D eigenvalue weighted by Gasteiger charge is 2.30. The van der Waals surface area contributed by atoms with E-state index in [0.717, 1.165) is 16.7 Å². The molecule has 1 unspecified atom stereocenters. The molecule has 1 atom stereocenters. The first-order chi connectivity index (χ1) is 16.4. The first-order valence-electron chi connectivity index (χ1n) is 11.1. The zero-order chi connectivity index (χ0) is 24.5. The Labute approximate surface area is 210 Å². The lowest BCUT2D eigenvalue weighted by Gasteiger charge is -2.31. The molecule has 3 aromatic carbocycles. The van der Waals surface area contributed by atoms with Crippen molar-refractivity contribution in [2.24, 2.45) is 0 Å². The Bertz CT molecular complexity index is 1100. The quantitative estimate of drug-likeness (QED) is 0.411. The molecule has 178 valence electrons. The van der Waals surface area contributed by atoms with Crippen LogP contribution in [0.15, 0.2) is 72.8 Å². The summed E-state index contributed by atoms with van der Waals surface area (Å²) in [6, 6.07) is 21.6. The van der Waals surface area contributed by atoms with Crippen LogP contribution >= 0.6 is 23.2 Å². The maximum Gasteiger partial charge on any atom is 0.243 e. The van der Waals surface area contributed by atoms with Crippen LogP contribution in [0, 0.1) is 0 Å². The molecule has 0 heterocycles. The normalized spacial score (nSPS) is 11.5. The van der Waals surface area contributed by atoms with Crippen molar-refractivity contribution in [1.29, 1.82) is 0 Å². The third-order valence-electron chi connectivity index (χ3n) is 5.47. The fourth-order valence-corrected chi connectivity index (χ4v) is 4.02. The zero-order valence-corrected chi connectivity index (χ0v) is 20.8. The van der Waals surface area contributed by atoms with Crippen molar-refractivity contribution >= 4 is 35.0 Å². The van der Waals surface area contributed by atoms with Crippen LogP contribution in [0.5, 0.6) is 5.75 Å². The van der Waals surface area contributed by atoms with E-state index in [4.69, 9.17) is 27.9 Å². The molecular formula is C27H28Cl2N2O3. The topological polar surface area (TPSA) is 58.6 Å². The Hall–Kier alpha value is -3.02. The second-order valence-electron chi connectivity index (χ2n) is 7.90. The van der Waals surface area contributed by atoms with Gasteiger partial charge in [-0.3, -0.25) is 9.59 Å². The van der Waals surface area contributed by atoms with Crippen molar-refractivity contribution in [3.63, 3.8) is 0 Å². The maximum absolute atomic E-state index is 13.6. The highest BCUT2D eigenvalue weighted by molar-refractivity contribution is 6.42. The molecule has 0 bridgehead atoms. The van der Waals surface area contributed by atoms with Crippen LogP contribution in [-0.2, 0) is 29.0 Å². The van der Waals surface area contributed by atoms with Crippen LogP contribution < -0.4 is 10.1 Å². The van der Waals surface area contributed by atoms with Gasteiger partial charge in [-0.25, -0.2) is 0 Å². The van der Waals surface area contributed by atoms with E-state index in [9.17, 15) is 9.59 Å². The van der Waals surface area contributed by atoms with Gasteiger partial charge in [0, 0.05) is 19.5 Å². The molecule has 3 rings (SSSR count). The predicted octanol–water partition coefficient (Wildman–Crippen LogP) is 5.32. The van der Waals surface area contributed by atoms with E-state index >= 15 is 0 Å². The molecule has 0 spiro atoms. The van der Waals surface area contributed by atoms with E-state index < -0.39 is 6.04 Å². The summed E-state index contributed by atoms with van der Waals surface area (Å²) in [4.78, 5) is 28.4. The molecule has 2 amide bonds. The van der Waals surface area contributed by atoms with Crippen molar-refractivity contribution in [2.75, 3.05) is 13.7 Å². The second-order valence-corrected chi connectivity index (χ2v) is 8.71. The van der Waals surface area contributed by atoms with E-state index in [1.165, 1.54) is 0 Å². The lowest BCUT2D eigenvalue weighted by Crippen LogP contribution is -2.50. The standard InChI is InChI=1S/C27H28Cl2N2O3/c1-3-30-27(33)25(16-19-7-5-4-6-8-19)31(18-21-11-14-23(28)24(29)15-21)26(32)17-20-9-12-22(34-2)13-10-20/h4-15,25H,3,16-18H2,1-2H3,(H,30,33). The minimum Gasteiger partial charge on any atom is -0.497 e. The van der Waals surface area contributed by atoms with Crippen molar-refractivity contribution < 1.29 is 14.3 Å². The molecule has 0 saturated heterocycles. The first-order valence-corrected chi connectivity index (χ1v) is 11.8. The Morgan fingerprint density at radius 2 is 1.59 bits per heavy atom. The van der Waals surface area contributed by atoms with Crippen molar-refractivity contribution in [1.82, 2.24) is 10.2 Å². The van der Waals surface area contributed by atoms with Gasteiger partial charge in [0.1, 0.15) is 11.8 Å². The molecule has 0 fully saturated rings. The van der Waals surface area contributed by atoms with E-state index in [0.29, 0.717) is 28.8 Å². The number of ether oxygens (including phenoxy) is 1. The van der Waals surface area contributed by atoms with Crippen LogP contribution in [0.25, 0.3) is 0 Å². The number of nitrogens with one attached hydrogen (secondary N) is 1. The van der Waals surface area contributed by atoms with Gasteiger partial charge < -0.3 is 15.0 Å². The third-order valence-corrected chi connectivity index (χ3v) is 6.21. The minimum atomic E-state index is -0.692. The van der Waals surface area contributed by atoms with Crippen molar-refractivity contribution in [3.05, 3.63) is 99.5 Å². The fourth-order valence-electron chi connectivity index (χ4n) is 3.70. The summed E-state index contributed by atoms with van der Waals surface area (Å²) in [6.45, 7) is 2.55. The summed E-state index contributed by atoms with van der Waals surface area (Å²) in [5.74, 6) is 0.353. The van der Waals surface area contributed by atoms with Gasteiger partial charge in [-0.15, -0.1) is 0 Å². The summed E-state index contributed by atoms with van der Waals surface area (Å²) in [5, 5.41) is 3.73. The number of hydrogen-bond donors (Lipinski definition) is 1. The number of benzene rings is 3. The molecule has 0 radical (unpaired) electrons. The molecule has 0 saturated carbocycles. The molecule has 7 heteroatoms. The maximum atomic E-state index is 13.6. The van der Waals surface area contributed by atoms with Gasteiger partial charge in [0.2, 0.25) is 11.8 Å². The average molecular weight is 499 g/mol. The minimum absolute atomic E-state index is 0.149. The van der Waals surface area contributed by atoms with Gasteiger partial charge in [-0.1, -0.05) is 71.7 Å². The summed E-state index contributed by atoms with van der Waals surface area (Å²) < 4.78 is 5.21. The van der Waals surface area contributed by atoms with Gasteiger partial charge >= 0.3 is 0 Å². The van der Waals surface area contributed by atoms with Crippen LogP contribution in [-0.4, -0.2) is 36.4 Å². The van der Waals surface area contributed by atoms with Crippen LogP contribution in [0.2, 0.25) is 10.0 Å². The third kappa shape index (κ3) is 6.99. The van der Waals surface area contributed by atoms with E-state index in [1.54, 1.807) is 24.1 Å².